The lowest BCUT2D eigenvalue weighted by Gasteiger charge is -2.44. The van der Waals surface area contributed by atoms with Crippen LogP contribution in [0.25, 0.3) is 0 Å². The first kappa shape index (κ1) is 41.0. The van der Waals surface area contributed by atoms with Crippen molar-refractivity contribution in [3.63, 3.8) is 0 Å². The third-order valence-corrected chi connectivity index (χ3v) is 8.46. The number of aliphatic imine (C=N–C) groups is 1. The number of hydrogen-bond acceptors (Lipinski definition) is 13. The van der Waals surface area contributed by atoms with Gasteiger partial charge >= 0.3 is 29.8 Å². The average Bonchev–Trinajstić information content (AvgIpc) is 3.19. The number of benzene rings is 4. The monoisotopic (exact) mass is 765 g/mol. The summed E-state index contributed by atoms with van der Waals surface area (Å²) in [5, 5.41) is 0. The molecule has 0 bridgehead atoms. The summed E-state index contributed by atoms with van der Waals surface area (Å²) in [6.45, 7) is 3.58. The second-order valence-electron chi connectivity index (χ2n) is 12.8. The van der Waals surface area contributed by atoms with Crippen LogP contribution >= 0.6 is 0 Å². The number of nitrogens with zero attached hydrogens (tertiary/aromatic N) is 1. The molecule has 0 N–H and O–H groups in total. The second kappa shape index (κ2) is 19.9. The molecule has 0 radical (unpaired) electrons. The Morgan fingerprint density at radius 1 is 0.589 bits per heavy atom. The van der Waals surface area contributed by atoms with Crippen LogP contribution in [0, 0.1) is 0 Å². The molecule has 1 aliphatic heterocycles. The molecule has 1 saturated heterocycles. The van der Waals surface area contributed by atoms with Gasteiger partial charge in [0.2, 0.25) is 0 Å². The van der Waals surface area contributed by atoms with Gasteiger partial charge < -0.3 is 33.2 Å². The molecule has 0 aliphatic carbocycles. The summed E-state index contributed by atoms with van der Waals surface area (Å²) in [5.74, 6) is -3.82. The van der Waals surface area contributed by atoms with E-state index in [9.17, 15) is 24.0 Å². The lowest BCUT2D eigenvalue weighted by molar-refractivity contribution is -0.308. The van der Waals surface area contributed by atoms with Crippen LogP contribution in [-0.2, 0) is 57.1 Å². The minimum atomic E-state index is -1.56. The molecule has 292 valence electrons. The standard InChI is InChI=1S/C43H43NO12/c1-27(45)50-26-36-39(52-28(2)46)40(53-29(3)47)41(54-30(4)48)43(55-36)51-25-35(44-37(31-17-9-5-10-18-31)32-19-11-6-12-20-32)42(49)56-38(33-21-13-7-14-22-33)34-23-15-8-16-24-34/h5-24,35-36,38-41,43H,25-26H2,1-4H3/t35-,36+,39+,40-,41+,43+/m0/s1. The first-order valence-corrected chi connectivity index (χ1v) is 17.9. The Labute approximate surface area is 324 Å². The number of esters is 5. The van der Waals surface area contributed by atoms with Gasteiger partial charge in [0.05, 0.1) is 12.3 Å². The van der Waals surface area contributed by atoms with Crippen LogP contribution in [0.4, 0.5) is 0 Å². The van der Waals surface area contributed by atoms with Crippen molar-refractivity contribution in [2.45, 2.75) is 70.5 Å². The van der Waals surface area contributed by atoms with E-state index < -0.39 is 85.9 Å². The summed E-state index contributed by atoms with van der Waals surface area (Å²) in [6, 6.07) is 35.6. The van der Waals surface area contributed by atoms with Gasteiger partial charge in [0, 0.05) is 38.8 Å². The summed E-state index contributed by atoms with van der Waals surface area (Å²) >= 11 is 0. The Balaban J connectivity index is 1.58. The molecule has 13 nitrogen and oxygen atoms in total. The van der Waals surface area contributed by atoms with Gasteiger partial charge in [-0.05, 0) is 11.1 Å². The van der Waals surface area contributed by atoms with Gasteiger partial charge in [0.15, 0.2) is 36.7 Å². The maximum Gasteiger partial charge on any atom is 0.334 e. The molecule has 13 heteroatoms. The van der Waals surface area contributed by atoms with Gasteiger partial charge in [0.1, 0.15) is 12.7 Å². The molecule has 4 aromatic carbocycles. The van der Waals surface area contributed by atoms with Crippen LogP contribution < -0.4 is 0 Å². The highest BCUT2D eigenvalue weighted by Gasteiger charge is 2.53. The van der Waals surface area contributed by atoms with Crippen LogP contribution in [0.1, 0.15) is 56.1 Å². The van der Waals surface area contributed by atoms with Crippen molar-refractivity contribution in [1.29, 1.82) is 0 Å². The minimum Gasteiger partial charge on any atom is -0.463 e. The molecule has 1 fully saturated rings. The second-order valence-corrected chi connectivity index (χ2v) is 12.8. The van der Waals surface area contributed by atoms with Crippen LogP contribution in [-0.4, -0.2) is 85.5 Å². The van der Waals surface area contributed by atoms with E-state index in [0.29, 0.717) is 28.0 Å². The van der Waals surface area contributed by atoms with Crippen molar-refractivity contribution in [3.8, 4) is 0 Å². The zero-order chi connectivity index (χ0) is 40.0. The predicted molar refractivity (Wildman–Crippen MR) is 201 cm³/mol. The molecule has 0 amide bonds. The van der Waals surface area contributed by atoms with E-state index in [2.05, 4.69) is 0 Å². The molecule has 1 heterocycles. The van der Waals surface area contributed by atoms with E-state index in [-0.39, 0.29) is 0 Å². The average molecular weight is 766 g/mol. The Kier molecular flexibility index (Phi) is 14.6. The fraction of sp³-hybridized carbons (Fsp3) is 0.302. The number of ether oxygens (including phenoxy) is 7. The molecular weight excluding hydrogens is 722 g/mol. The number of carbonyl (C=O) groups is 5. The van der Waals surface area contributed by atoms with Crippen molar-refractivity contribution in [3.05, 3.63) is 144 Å². The summed E-state index contributed by atoms with van der Waals surface area (Å²) < 4.78 is 40.5. The lowest BCUT2D eigenvalue weighted by Crippen LogP contribution is -2.63. The zero-order valence-electron chi connectivity index (χ0n) is 31.3. The topological polar surface area (TPSA) is 162 Å². The molecule has 4 aromatic rings. The molecular formula is C43H43NO12. The predicted octanol–water partition coefficient (Wildman–Crippen LogP) is 5.33. The van der Waals surface area contributed by atoms with Crippen molar-refractivity contribution in [1.82, 2.24) is 0 Å². The normalized spacial score (nSPS) is 19.5. The third-order valence-electron chi connectivity index (χ3n) is 8.46. The molecule has 0 saturated carbocycles. The van der Waals surface area contributed by atoms with Gasteiger partial charge in [0.25, 0.3) is 0 Å². The van der Waals surface area contributed by atoms with Gasteiger partial charge in [-0.2, -0.15) is 0 Å². The van der Waals surface area contributed by atoms with Crippen molar-refractivity contribution < 1.29 is 57.1 Å². The van der Waals surface area contributed by atoms with Gasteiger partial charge in [-0.25, -0.2) is 4.79 Å². The minimum absolute atomic E-state index is 0.453. The highest BCUT2D eigenvalue weighted by molar-refractivity contribution is 6.13. The fourth-order valence-electron chi connectivity index (χ4n) is 6.11. The maximum atomic E-state index is 14.5. The van der Waals surface area contributed by atoms with E-state index in [4.69, 9.17) is 38.2 Å². The third kappa shape index (κ3) is 11.4. The van der Waals surface area contributed by atoms with E-state index in [1.54, 1.807) is 0 Å². The Bertz CT molecular complexity index is 1880. The van der Waals surface area contributed by atoms with Gasteiger partial charge in [-0.1, -0.05) is 121 Å². The number of carbonyl (C=O) groups excluding carboxylic acids is 5. The van der Waals surface area contributed by atoms with Crippen molar-refractivity contribution in [2.24, 2.45) is 4.99 Å². The fourth-order valence-corrected chi connectivity index (χ4v) is 6.11. The van der Waals surface area contributed by atoms with E-state index in [0.717, 1.165) is 20.8 Å². The molecule has 6 atom stereocenters. The lowest BCUT2D eigenvalue weighted by atomic mass is 9.98. The van der Waals surface area contributed by atoms with Crippen LogP contribution in [0.3, 0.4) is 0 Å². The SMILES string of the molecule is CC(=O)OC[C@H]1O[C@@H](OC[C@H](N=C(c2ccccc2)c2ccccc2)C(=O)OC(c2ccccc2)c2ccccc2)[C@H](OC(C)=O)[C@@H](OC(C)=O)[C@@H]1OC(C)=O. The molecule has 1 aliphatic rings. The van der Waals surface area contributed by atoms with E-state index >= 15 is 0 Å². The van der Waals surface area contributed by atoms with Gasteiger partial charge in [-0.15, -0.1) is 0 Å². The maximum absolute atomic E-state index is 14.5. The highest BCUT2D eigenvalue weighted by atomic mass is 16.7. The highest BCUT2D eigenvalue weighted by Crippen LogP contribution is 2.31. The van der Waals surface area contributed by atoms with Crippen molar-refractivity contribution >= 4 is 35.6 Å². The van der Waals surface area contributed by atoms with Crippen LogP contribution in [0.5, 0.6) is 0 Å². The molecule has 0 unspecified atom stereocenters. The number of hydrogen-bond donors (Lipinski definition) is 0. The first-order chi connectivity index (χ1) is 27.0. The molecule has 0 aromatic heterocycles. The van der Waals surface area contributed by atoms with Crippen LogP contribution in [0.15, 0.2) is 126 Å². The molecule has 0 spiro atoms. The summed E-state index contributed by atoms with van der Waals surface area (Å²) in [7, 11) is 0. The first-order valence-electron chi connectivity index (χ1n) is 17.9. The summed E-state index contributed by atoms with van der Waals surface area (Å²) in [6.07, 6.45) is -8.03. The van der Waals surface area contributed by atoms with Crippen LogP contribution in [0.2, 0.25) is 0 Å². The zero-order valence-corrected chi connectivity index (χ0v) is 31.3. The van der Waals surface area contributed by atoms with Gasteiger partial charge in [-0.3, -0.25) is 24.2 Å². The smallest absolute Gasteiger partial charge is 0.334 e. The molecule has 56 heavy (non-hydrogen) atoms. The Hall–Kier alpha value is -6.18. The van der Waals surface area contributed by atoms with E-state index in [1.165, 1.54) is 6.92 Å². The Morgan fingerprint density at radius 3 is 1.50 bits per heavy atom. The summed E-state index contributed by atoms with van der Waals surface area (Å²) in [4.78, 5) is 68.4. The van der Waals surface area contributed by atoms with Crippen molar-refractivity contribution in [2.75, 3.05) is 13.2 Å². The number of rotatable bonds is 15. The molecule has 5 rings (SSSR count). The summed E-state index contributed by atoms with van der Waals surface area (Å²) in [5.41, 5.74) is 3.27. The van der Waals surface area contributed by atoms with E-state index in [1.807, 2.05) is 121 Å². The largest absolute Gasteiger partial charge is 0.463 e. The quantitative estimate of drug-likeness (QED) is 0.0871. The Morgan fingerprint density at radius 2 is 1.04 bits per heavy atom.